The normalized spacial score (nSPS) is 19.8. The second-order valence-electron chi connectivity index (χ2n) is 4.44. The summed E-state index contributed by atoms with van der Waals surface area (Å²) in [6.07, 6.45) is 1.88. The topological polar surface area (TPSA) is 27.0 Å². The molecular formula is C13H14BrIN2. The van der Waals surface area contributed by atoms with Crippen molar-refractivity contribution in [1.82, 2.24) is 4.90 Å². The van der Waals surface area contributed by atoms with Gasteiger partial charge in [-0.2, -0.15) is 5.26 Å². The largest absolute Gasteiger partial charge is 0.294 e. The van der Waals surface area contributed by atoms with Gasteiger partial charge in [0.05, 0.1) is 16.0 Å². The predicted octanol–water partition coefficient (Wildman–Crippen LogP) is 3.70. The number of hydrogen-bond donors (Lipinski definition) is 0. The van der Waals surface area contributed by atoms with Crippen LogP contribution in [0.3, 0.4) is 0 Å². The standard InChI is InChI=1S/C13H14BrIN2/c14-12-3-1-11(2-4-12)13(9-16)5-7-17(10-15)8-6-13/h1-4H,5-8,10H2. The first-order chi connectivity index (χ1) is 8.20. The Balaban J connectivity index is 2.22. The van der Waals surface area contributed by atoms with Gasteiger partial charge in [0, 0.05) is 17.6 Å². The molecule has 0 N–H and O–H groups in total. The van der Waals surface area contributed by atoms with E-state index in [1.54, 1.807) is 0 Å². The van der Waals surface area contributed by atoms with E-state index in [-0.39, 0.29) is 5.41 Å². The summed E-state index contributed by atoms with van der Waals surface area (Å²) in [6, 6.07) is 10.8. The van der Waals surface area contributed by atoms with Gasteiger partial charge in [0.1, 0.15) is 0 Å². The zero-order chi connectivity index (χ0) is 12.3. The van der Waals surface area contributed by atoms with Gasteiger partial charge >= 0.3 is 0 Å². The van der Waals surface area contributed by atoms with Gasteiger partial charge in [0.25, 0.3) is 0 Å². The van der Waals surface area contributed by atoms with E-state index in [0.29, 0.717) is 0 Å². The van der Waals surface area contributed by atoms with Crippen LogP contribution in [0.1, 0.15) is 18.4 Å². The molecule has 1 aliphatic heterocycles. The maximum atomic E-state index is 9.54. The summed E-state index contributed by atoms with van der Waals surface area (Å²) in [5.41, 5.74) is 0.888. The SMILES string of the molecule is N#CC1(c2ccc(Br)cc2)CCN(CI)CC1. The Hall–Kier alpha value is -0.120. The lowest BCUT2D eigenvalue weighted by Gasteiger charge is -2.36. The monoisotopic (exact) mass is 404 g/mol. The van der Waals surface area contributed by atoms with Gasteiger partial charge in [-0.1, -0.05) is 50.7 Å². The molecular weight excluding hydrogens is 391 g/mol. The summed E-state index contributed by atoms with van der Waals surface area (Å²) < 4.78 is 2.12. The summed E-state index contributed by atoms with van der Waals surface area (Å²) >= 11 is 5.82. The zero-order valence-electron chi connectivity index (χ0n) is 9.50. The molecule has 0 amide bonds. The van der Waals surface area contributed by atoms with Gasteiger partial charge in [0.2, 0.25) is 0 Å². The van der Waals surface area contributed by atoms with E-state index in [2.05, 4.69) is 61.6 Å². The van der Waals surface area contributed by atoms with E-state index in [0.717, 1.165) is 40.5 Å². The fourth-order valence-corrected chi connectivity index (χ4v) is 3.23. The van der Waals surface area contributed by atoms with E-state index < -0.39 is 0 Å². The van der Waals surface area contributed by atoms with Gasteiger partial charge in [-0.05, 0) is 30.5 Å². The fourth-order valence-electron chi connectivity index (χ4n) is 2.29. The third-order valence-electron chi connectivity index (χ3n) is 3.49. The molecule has 0 aliphatic carbocycles. The van der Waals surface area contributed by atoms with Crippen LogP contribution in [-0.2, 0) is 5.41 Å². The number of nitriles is 1. The van der Waals surface area contributed by atoms with Crippen LogP contribution in [0.15, 0.2) is 28.7 Å². The molecule has 0 unspecified atom stereocenters. The van der Waals surface area contributed by atoms with E-state index in [9.17, 15) is 5.26 Å². The van der Waals surface area contributed by atoms with Gasteiger partial charge in [-0.3, -0.25) is 4.90 Å². The number of halogens is 2. The third kappa shape index (κ3) is 2.83. The summed E-state index contributed by atoms with van der Waals surface area (Å²) in [5.74, 6) is 0. The molecule has 2 nitrogen and oxygen atoms in total. The van der Waals surface area contributed by atoms with Crippen molar-refractivity contribution < 1.29 is 0 Å². The van der Waals surface area contributed by atoms with E-state index in [4.69, 9.17) is 0 Å². The lowest BCUT2D eigenvalue weighted by Crippen LogP contribution is -2.41. The van der Waals surface area contributed by atoms with Crippen molar-refractivity contribution >= 4 is 38.5 Å². The molecule has 4 heteroatoms. The Kier molecular flexibility index (Phi) is 4.45. The van der Waals surface area contributed by atoms with E-state index >= 15 is 0 Å². The average molecular weight is 405 g/mol. The van der Waals surface area contributed by atoms with Crippen LogP contribution in [-0.4, -0.2) is 22.5 Å². The molecule has 17 heavy (non-hydrogen) atoms. The van der Waals surface area contributed by atoms with Gasteiger partial charge in [-0.25, -0.2) is 0 Å². The fraction of sp³-hybridized carbons (Fsp3) is 0.462. The molecule has 0 aromatic heterocycles. The molecule has 90 valence electrons. The van der Waals surface area contributed by atoms with E-state index in [1.165, 1.54) is 0 Å². The molecule has 1 heterocycles. The second-order valence-corrected chi connectivity index (χ2v) is 6.04. The molecule has 1 saturated heterocycles. The van der Waals surface area contributed by atoms with Crippen LogP contribution in [0, 0.1) is 11.3 Å². The summed E-state index contributed by atoms with van der Waals surface area (Å²) in [4.78, 5) is 2.40. The van der Waals surface area contributed by atoms with Crippen LogP contribution in [0.5, 0.6) is 0 Å². The molecule has 1 aliphatic rings. The molecule has 0 atom stereocenters. The Labute approximate surface area is 124 Å². The first-order valence-electron chi connectivity index (χ1n) is 5.66. The zero-order valence-corrected chi connectivity index (χ0v) is 13.2. The highest BCUT2D eigenvalue weighted by Crippen LogP contribution is 2.35. The smallest absolute Gasteiger partial charge is 0.0846 e. The van der Waals surface area contributed by atoms with E-state index in [1.807, 2.05) is 12.1 Å². The van der Waals surface area contributed by atoms with Crippen LogP contribution in [0.4, 0.5) is 0 Å². The minimum Gasteiger partial charge on any atom is -0.294 e. The molecule has 1 aromatic carbocycles. The Morgan fingerprint density at radius 2 is 1.88 bits per heavy atom. The molecule has 1 aromatic rings. The third-order valence-corrected chi connectivity index (χ3v) is 4.98. The quantitative estimate of drug-likeness (QED) is 0.427. The Morgan fingerprint density at radius 3 is 2.35 bits per heavy atom. The van der Waals surface area contributed by atoms with Crippen molar-refractivity contribution in [3.05, 3.63) is 34.3 Å². The number of alkyl halides is 1. The Bertz CT molecular complexity index is 416. The van der Waals surface area contributed by atoms with Gasteiger partial charge < -0.3 is 0 Å². The maximum absolute atomic E-state index is 9.54. The predicted molar refractivity (Wildman–Crippen MR) is 81.1 cm³/mol. The van der Waals surface area contributed by atoms with Crippen molar-refractivity contribution in [2.75, 3.05) is 17.6 Å². The minimum atomic E-state index is -0.275. The first kappa shape index (κ1) is 13.3. The van der Waals surface area contributed by atoms with Crippen molar-refractivity contribution in [2.45, 2.75) is 18.3 Å². The van der Waals surface area contributed by atoms with Crippen LogP contribution < -0.4 is 0 Å². The number of nitrogens with zero attached hydrogens (tertiary/aromatic N) is 2. The molecule has 1 fully saturated rings. The minimum absolute atomic E-state index is 0.275. The number of piperidine rings is 1. The van der Waals surface area contributed by atoms with Crippen molar-refractivity contribution in [1.29, 1.82) is 5.26 Å². The van der Waals surface area contributed by atoms with Crippen LogP contribution in [0.2, 0.25) is 0 Å². The highest BCUT2D eigenvalue weighted by Gasteiger charge is 2.36. The first-order valence-corrected chi connectivity index (χ1v) is 7.98. The summed E-state index contributed by atoms with van der Waals surface area (Å²) in [6.45, 7) is 2.04. The van der Waals surface area contributed by atoms with Crippen LogP contribution >= 0.6 is 38.5 Å². The lowest BCUT2D eigenvalue weighted by atomic mass is 9.74. The van der Waals surface area contributed by atoms with Crippen molar-refractivity contribution in [2.24, 2.45) is 0 Å². The molecule has 0 bridgehead atoms. The summed E-state index contributed by atoms with van der Waals surface area (Å²) in [7, 11) is 0. The average Bonchev–Trinajstić information content (AvgIpc) is 2.40. The highest BCUT2D eigenvalue weighted by molar-refractivity contribution is 14.1. The molecule has 0 radical (unpaired) electrons. The lowest BCUT2D eigenvalue weighted by molar-refractivity contribution is 0.218. The van der Waals surface area contributed by atoms with Crippen molar-refractivity contribution in [3.8, 4) is 6.07 Å². The number of benzene rings is 1. The van der Waals surface area contributed by atoms with Crippen molar-refractivity contribution in [3.63, 3.8) is 0 Å². The van der Waals surface area contributed by atoms with Crippen LogP contribution in [0.25, 0.3) is 0 Å². The summed E-state index contributed by atoms with van der Waals surface area (Å²) in [5, 5.41) is 9.54. The number of hydrogen-bond acceptors (Lipinski definition) is 2. The van der Waals surface area contributed by atoms with Gasteiger partial charge in [-0.15, -0.1) is 0 Å². The molecule has 0 saturated carbocycles. The Morgan fingerprint density at radius 1 is 1.29 bits per heavy atom. The second kappa shape index (κ2) is 5.68. The maximum Gasteiger partial charge on any atom is 0.0846 e. The molecule has 0 spiro atoms. The number of rotatable bonds is 2. The highest BCUT2D eigenvalue weighted by atomic mass is 127. The molecule has 2 rings (SSSR count). The van der Waals surface area contributed by atoms with Gasteiger partial charge in [0.15, 0.2) is 0 Å². The number of likely N-dealkylation sites (tertiary alicyclic amines) is 1.